The van der Waals surface area contributed by atoms with Crippen LogP contribution in [0.3, 0.4) is 0 Å². The summed E-state index contributed by atoms with van der Waals surface area (Å²) in [5.41, 5.74) is 6.58. The summed E-state index contributed by atoms with van der Waals surface area (Å²) in [6.45, 7) is 3.50. The topological polar surface area (TPSA) is 38.0 Å². The average Bonchev–Trinajstić information content (AvgIpc) is 2.14. The van der Waals surface area contributed by atoms with Gasteiger partial charge in [-0.1, -0.05) is 12.8 Å². The summed E-state index contributed by atoms with van der Waals surface area (Å²) in [7, 11) is 0. The maximum absolute atomic E-state index is 6.13. The molecule has 3 N–H and O–H groups in total. The van der Waals surface area contributed by atoms with E-state index in [1.807, 2.05) is 0 Å². The summed E-state index contributed by atoms with van der Waals surface area (Å²) in [4.78, 5) is 0. The van der Waals surface area contributed by atoms with E-state index in [4.69, 9.17) is 5.73 Å². The summed E-state index contributed by atoms with van der Waals surface area (Å²) >= 11 is 0. The second kappa shape index (κ2) is 4.19. The first-order chi connectivity index (χ1) is 6.70. The van der Waals surface area contributed by atoms with E-state index >= 15 is 0 Å². The second-order valence-corrected chi connectivity index (χ2v) is 5.50. The van der Waals surface area contributed by atoms with E-state index < -0.39 is 0 Å². The second-order valence-electron chi connectivity index (χ2n) is 5.50. The predicted octanol–water partition coefficient (Wildman–Crippen LogP) is 2.04. The van der Waals surface area contributed by atoms with Crippen LogP contribution in [0.15, 0.2) is 0 Å². The minimum absolute atomic E-state index is 0.456. The van der Waals surface area contributed by atoms with Crippen LogP contribution in [0.5, 0.6) is 0 Å². The van der Waals surface area contributed by atoms with Gasteiger partial charge in [0.25, 0.3) is 0 Å². The van der Waals surface area contributed by atoms with Crippen LogP contribution < -0.4 is 11.1 Å². The van der Waals surface area contributed by atoms with Crippen molar-refractivity contribution in [2.45, 2.75) is 63.5 Å². The molecule has 82 valence electrons. The fraction of sp³-hybridized carbons (Fsp3) is 1.00. The van der Waals surface area contributed by atoms with Gasteiger partial charge in [-0.05, 0) is 51.5 Å². The molecule has 0 spiro atoms. The minimum Gasteiger partial charge on any atom is -0.327 e. The Hall–Kier alpha value is -0.0800. The molecule has 0 saturated heterocycles. The van der Waals surface area contributed by atoms with Crippen LogP contribution in [0.4, 0.5) is 0 Å². The zero-order chi connectivity index (χ0) is 10.0. The zero-order valence-corrected chi connectivity index (χ0v) is 9.39. The normalized spacial score (nSPS) is 36.4. The van der Waals surface area contributed by atoms with Gasteiger partial charge in [-0.3, -0.25) is 0 Å². The fourth-order valence-corrected chi connectivity index (χ4v) is 2.75. The highest BCUT2D eigenvalue weighted by molar-refractivity contribution is 4.93. The lowest BCUT2D eigenvalue weighted by atomic mass is 9.77. The lowest BCUT2D eigenvalue weighted by Gasteiger charge is -2.41. The first-order valence-electron chi connectivity index (χ1n) is 6.20. The van der Waals surface area contributed by atoms with E-state index in [1.54, 1.807) is 0 Å². The van der Waals surface area contributed by atoms with Crippen molar-refractivity contribution in [3.8, 4) is 0 Å². The molecule has 2 rings (SSSR count). The van der Waals surface area contributed by atoms with Gasteiger partial charge in [-0.25, -0.2) is 0 Å². The van der Waals surface area contributed by atoms with Crippen LogP contribution in [-0.4, -0.2) is 18.1 Å². The quantitative estimate of drug-likeness (QED) is 0.725. The standard InChI is InChI=1S/C12H24N2/c1-12(7-4-8-12)14-9-10-5-2-3-6-11(10)13/h10-11,14H,2-9,13H2,1H3. The van der Waals surface area contributed by atoms with Crippen molar-refractivity contribution < 1.29 is 0 Å². The van der Waals surface area contributed by atoms with Crippen molar-refractivity contribution in [2.75, 3.05) is 6.54 Å². The van der Waals surface area contributed by atoms with Crippen molar-refractivity contribution in [2.24, 2.45) is 11.7 Å². The SMILES string of the molecule is CC1(NCC2CCCCC2N)CCC1. The Labute approximate surface area is 87.6 Å². The van der Waals surface area contributed by atoms with Crippen LogP contribution in [0.2, 0.25) is 0 Å². The van der Waals surface area contributed by atoms with Crippen LogP contribution in [-0.2, 0) is 0 Å². The molecule has 0 amide bonds. The Balaban J connectivity index is 1.73. The number of hydrogen-bond acceptors (Lipinski definition) is 2. The molecule has 0 radical (unpaired) electrons. The van der Waals surface area contributed by atoms with E-state index in [1.165, 1.54) is 44.9 Å². The molecule has 0 aromatic carbocycles. The molecule has 0 aromatic rings. The van der Waals surface area contributed by atoms with Gasteiger partial charge in [0.1, 0.15) is 0 Å². The maximum Gasteiger partial charge on any atom is 0.0153 e. The van der Waals surface area contributed by atoms with Crippen molar-refractivity contribution in [3.05, 3.63) is 0 Å². The van der Waals surface area contributed by atoms with Gasteiger partial charge in [-0.2, -0.15) is 0 Å². The third-order valence-corrected chi connectivity index (χ3v) is 4.22. The van der Waals surface area contributed by atoms with Crippen LogP contribution in [0, 0.1) is 5.92 Å². The molecule has 2 aliphatic carbocycles. The van der Waals surface area contributed by atoms with Gasteiger partial charge >= 0.3 is 0 Å². The molecule has 0 bridgehead atoms. The molecule has 2 saturated carbocycles. The van der Waals surface area contributed by atoms with Gasteiger partial charge in [-0.15, -0.1) is 0 Å². The molecular formula is C12H24N2. The van der Waals surface area contributed by atoms with E-state index in [2.05, 4.69) is 12.2 Å². The van der Waals surface area contributed by atoms with E-state index in [0.29, 0.717) is 11.6 Å². The van der Waals surface area contributed by atoms with E-state index in [-0.39, 0.29) is 0 Å². The summed E-state index contributed by atoms with van der Waals surface area (Å²) in [5, 5.41) is 3.72. The van der Waals surface area contributed by atoms with E-state index in [9.17, 15) is 0 Å². The molecule has 2 nitrogen and oxygen atoms in total. The fourth-order valence-electron chi connectivity index (χ4n) is 2.75. The Kier molecular flexibility index (Phi) is 3.13. The number of hydrogen-bond donors (Lipinski definition) is 2. The van der Waals surface area contributed by atoms with Crippen molar-refractivity contribution in [1.82, 2.24) is 5.32 Å². The molecule has 0 aromatic heterocycles. The first kappa shape index (κ1) is 10.4. The predicted molar refractivity (Wildman–Crippen MR) is 60.2 cm³/mol. The summed E-state index contributed by atoms with van der Waals surface area (Å²) in [5.74, 6) is 0.737. The Morgan fingerprint density at radius 1 is 1.21 bits per heavy atom. The van der Waals surface area contributed by atoms with Crippen LogP contribution >= 0.6 is 0 Å². The highest BCUT2D eigenvalue weighted by Crippen LogP contribution is 2.32. The third-order valence-electron chi connectivity index (χ3n) is 4.22. The highest BCUT2D eigenvalue weighted by Gasteiger charge is 2.32. The van der Waals surface area contributed by atoms with Gasteiger partial charge in [0.05, 0.1) is 0 Å². The number of nitrogens with one attached hydrogen (secondary N) is 1. The largest absolute Gasteiger partial charge is 0.327 e. The molecule has 2 fully saturated rings. The Bertz CT molecular complexity index is 187. The molecule has 2 heteroatoms. The van der Waals surface area contributed by atoms with Gasteiger partial charge in [0.2, 0.25) is 0 Å². The average molecular weight is 196 g/mol. The van der Waals surface area contributed by atoms with Crippen molar-refractivity contribution in [3.63, 3.8) is 0 Å². The molecule has 14 heavy (non-hydrogen) atoms. The van der Waals surface area contributed by atoms with Crippen molar-refractivity contribution >= 4 is 0 Å². The van der Waals surface area contributed by atoms with Gasteiger partial charge in [0, 0.05) is 11.6 Å². The van der Waals surface area contributed by atoms with Crippen LogP contribution in [0.1, 0.15) is 51.9 Å². The first-order valence-corrected chi connectivity index (χ1v) is 6.20. The minimum atomic E-state index is 0.456. The summed E-state index contributed by atoms with van der Waals surface area (Å²) < 4.78 is 0. The molecule has 0 heterocycles. The zero-order valence-electron chi connectivity index (χ0n) is 9.39. The maximum atomic E-state index is 6.13. The lowest BCUT2D eigenvalue weighted by Crippen LogP contribution is -2.52. The van der Waals surface area contributed by atoms with E-state index in [0.717, 1.165) is 12.5 Å². The highest BCUT2D eigenvalue weighted by atomic mass is 15.0. The lowest BCUT2D eigenvalue weighted by molar-refractivity contribution is 0.181. The molecular weight excluding hydrogens is 172 g/mol. The molecule has 2 atom stereocenters. The molecule has 2 unspecified atom stereocenters. The smallest absolute Gasteiger partial charge is 0.0153 e. The third kappa shape index (κ3) is 2.29. The summed E-state index contributed by atoms with van der Waals surface area (Å²) in [6, 6.07) is 0.458. The van der Waals surface area contributed by atoms with Crippen molar-refractivity contribution in [1.29, 1.82) is 0 Å². The van der Waals surface area contributed by atoms with Crippen LogP contribution in [0.25, 0.3) is 0 Å². The monoisotopic (exact) mass is 196 g/mol. The number of rotatable bonds is 3. The van der Waals surface area contributed by atoms with Gasteiger partial charge in [0.15, 0.2) is 0 Å². The Morgan fingerprint density at radius 3 is 2.50 bits per heavy atom. The van der Waals surface area contributed by atoms with Gasteiger partial charge < -0.3 is 11.1 Å². The number of nitrogens with two attached hydrogens (primary N) is 1. The Morgan fingerprint density at radius 2 is 1.93 bits per heavy atom. The summed E-state index contributed by atoms with van der Waals surface area (Å²) in [6.07, 6.45) is 9.42. The molecule has 2 aliphatic rings. The molecule has 0 aliphatic heterocycles.